The average Bonchev–Trinajstić information content (AvgIpc) is 2.05. The van der Waals surface area contributed by atoms with Crippen LogP contribution in [0.25, 0.3) is 6.08 Å². The molecule has 1 heteroatoms. The first-order valence-electron chi connectivity index (χ1n) is 5.06. The molecule has 0 saturated heterocycles. The predicted molar refractivity (Wildman–Crippen MR) is 61.8 cm³/mol. The van der Waals surface area contributed by atoms with Crippen LogP contribution in [0.4, 0.5) is 0 Å². The largest absolute Gasteiger partial charge is 0.0976 e. The second-order valence-corrected chi connectivity index (χ2v) is 7.00. The summed E-state index contributed by atoms with van der Waals surface area (Å²) in [4.78, 5) is 0. The quantitative estimate of drug-likeness (QED) is 0.626. The van der Waals surface area contributed by atoms with Gasteiger partial charge in [0.1, 0.15) is 0 Å². The van der Waals surface area contributed by atoms with Gasteiger partial charge in [0.25, 0.3) is 0 Å². The summed E-state index contributed by atoms with van der Waals surface area (Å²) in [6.07, 6.45) is 4.86. The number of aryl methyl sites for hydroxylation is 2. The summed E-state index contributed by atoms with van der Waals surface area (Å²) in [5.74, 6) is 0. The molecule has 0 saturated carbocycles. The van der Waals surface area contributed by atoms with Crippen molar-refractivity contribution in [2.75, 3.05) is 0 Å². The van der Waals surface area contributed by atoms with Crippen molar-refractivity contribution in [2.24, 2.45) is 0 Å². The zero-order valence-electron chi connectivity index (χ0n) is 8.38. The van der Waals surface area contributed by atoms with Crippen LogP contribution in [0.1, 0.15) is 16.7 Å². The summed E-state index contributed by atoms with van der Waals surface area (Å²) in [6, 6.07) is 6.86. The summed E-state index contributed by atoms with van der Waals surface area (Å²) in [5.41, 5.74) is 6.89. The third kappa shape index (κ3) is 1.91. The molecule has 0 amide bonds. The molecule has 0 atom stereocenters. The minimum Gasteiger partial charge on any atom is -0.0976 e. The molecule has 0 radical (unpaired) electrons. The Labute approximate surface area is 81.9 Å². The van der Waals surface area contributed by atoms with Gasteiger partial charge >= 0.3 is 0 Å². The van der Waals surface area contributed by atoms with Crippen molar-refractivity contribution in [2.45, 2.75) is 25.9 Å². The van der Waals surface area contributed by atoms with Gasteiger partial charge in [-0.15, -0.1) is 0 Å². The maximum absolute atomic E-state index is 2.39. The van der Waals surface area contributed by atoms with Crippen molar-refractivity contribution >= 4 is 14.9 Å². The van der Waals surface area contributed by atoms with E-state index in [1.807, 2.05) is 0 Å². The molecule has 1 aromatic rings. The molecular formula is C12H16Si. The van der Waals surface area contributed by atoms with Gasteiger partial charge in [-0.1, -0.05) is 43.1 Å². The second-order valence-electron chi connectivity index (χ2n) is 4.13. The molecule has 0 aliphatic heterocycles. The van der Waals surface area contributed by atoms with Crippen LogP contribution in [0.2, 0.25) is 13.1 Å². The zero-order chi connectivity index (χ0) is 9.26. The van der Waals surface area contributed by atoms with Crippen LogP contribution in [0.15, 0.2) is 23.9 Å². The molecule has 0 heterocycles. The molecule has 0 unspecified atom stereocenters. The lowest BCUT2D eigenvalue weighted by Gasteiger charge is -2.18. The third-order valence-electron chi connectivity index (χ3n) is 2.57. The molecule has 2 rings (SSSR count). The van der Waals surface area contributed by atoms with Crippen LogP contribution in [0.5, 0.6) is 0 Å². The predicted octanol–water partition coefficient (Wildman–Crippen LogP) is 2.82. The Balaban J connectivity index is 2.18. The lowest BCUT2D eigenvalue weighted by atomic mass is 9.87. The summed E-state index contributed by atoms with van der Waals surface area (Å²) in [6.45, 7) is 4.69. The number of benzene rings is 1. The van der Waals surface area contributed by atoms with E-state index in [2.05, 4.69) is 43.1 Å². The van der Waals surface area contributed by atoms with E-state index >= 15 is 0 Å². The molecule has 0 aromatic heterocycles. The Kier molecular flexibility index (Phi) is 2.36. The minimum atomic E-state index is -0.531. The fraction of sp³-hybridized carbons (Fsp3) is 0.333. The second kappa shape index (κ2) is 3.50. The van der Waals surface area contributed by atoms with E-state index in [0.717, 1.165) is 0 Å². The first-order chi connectivity index (χ1) is 6.25. The fourth-order valence-electron chi connectivity index (χ4n) is 1.62. The Morgan fingerprint density at radius 2 is 1.92 bits per heavy atom. The topological polar surface area (TPSA) is 0 Å². The minimum absolute atomic E-state index is 0.531. The molecule has 0 bridgehead atoms. The van der Waals surface area contributed by atoms with Crippen molar-refractivity contribution in [3.8, 4) is 0 Å². The Morgan fingerprint density at radius 3 is 2.46 bits per heavy atom. The van der Waals surface area contributed by atoms with E-state index in [9.17, 15) is 0 Å². The maximum Gasteiger partial charge on any atom is 0.0554 e. The van der Waals surface area contributed by atoms with Crippen LogP contribution in [-0.2, 0) is 12.8 Å². The zero-order valence-corrected chi connectivity index (χ0v) is 9.53. The summed E-state index contributed by atoms with van der Waals surface area (Å²) in [7, 11) is -0.531. The molecule has 68 valence electrons. The van der Waals surface area contributed by atoms with E-state index in [0.29, 0.717) is 0 Å². The van der Waals surface area contributed by atoms with Crippen LogP contribution < -0.4 is 0 Å². The van der Waals surface area contributed by atoms with Crippen LogP contribution in [0.3, 0.4) is 0 Å². The Morgan fingerprint density at radius 1 is 1.15 bits per heavy atom. The van der Waals surface area contributed by atoms with E-state index in [1.54, 1.807) is 11.1 Å². The van der Waals surface area contributed by atoms with Gasteiger partial charge in [-0.25, -0.2) is 0 Å². The van der Waals surface area contributed by atoms with Gasteiger partial charge in [0, 0.05) is 0 Å². The van der Waals surface area contributed by atoms with Crippen LogP contribution in [0, 0.1) is 0 Å². The SMILES string of the molecule is C[SiH](C)C=Cc1ccc2c(c1)CC2. The van der Waals surface area contributed by atoms with E-state index in [-0.39, 0.29) is 0 Å². The molecule has 1 aliphatic rings. The van der Waals surface area contributed by atoms with Gasteiger partial charge in [-0.3, -0.25) is 0 Å². The highest BCUT2D eigenvalue weighted by atomic mass is 28.3. The first kappa shape index (κ1) is 8.76. The Hall–Kier alpha value is -0.823. The standard InChI is InChI=1S/C12H16Si/c1-13(2)8-7-10-3-4-11-5-6-12(11)9-10/h3-4,7-9,13H,5-6H2,1-2H3. The van der Waals surface area contributed by atoms with Gasteiger partial charge < -0.3 is 0 Å². The number of hydrogen-bond donors (Lipinski definition) is 0. The van der Waals surface area contributed by atoms with Gasteiger partial charge in [-0.05, 0) is 29.5 Å². The van der Waals surface area contributed by atoms with Gasteiger partial charge in [0.2, 0.25) is 0 Å². The smallest absolute Gasteiger partial charge is 0.0554 e. The van der Waals surface area contributed by atoms with Crippen molar-refractivity contribution in [3.63, 3.8) is 0 Å². The molecule has 0 spiro atoms. The summed E-state index contributed by atoms with van der Waals surface area (Å²) >= 11 is 0. The number of hydrogen-bond acceptors (Lipinski definition) is 0. The Bertz CT molecular complexity index is 337. The van der Waals surface area contributed by atoms with E-state index < -0.39 is 8.80 Å². The van der Waals surface area contributed by atoms with Crippen molar-refractivity contribution < 1.29 is 0 Å². The normalized spacial score (nSPS) is 14.7. The van der Waals surface area contributed by atoms with Gasteiger partial charge in [0.05, 0.1) is 8.80 Å². The van der Waals surface area contributed by atoms with Crippen LogP contribution in [-0.4, -0.2) is 8.80 Å². The third-order valence-corrected chi connectivity index (χ3v) is 3.53. The monoisotopic (exact) mass is 188 g/mol. The van der Waals surface area contributed by atoms with E-state index in [1.165, 1.54) is 18.4 Å². The lowest BCUT2D eigenvalue weighted by Crippen LogP contribution is -2.07. The highest BCUT2D eigenvalue weighted by molar-refractivity contribution is 6.62. The van der Waals surface area contributed by atoms with Crippen molar-refractivity contribution in [1.29, 1.82) is 0 Å². The van der Waals surface area contributed by atoms with Crippen LogP contribution >= 0.6 is 0 Å². The summed E-state index contributed by atoms with van der Waals surface area (Å²) < 4.78 is 0. The molecule has 1 aromatic carbocycles. The molecular weight excluding hydrogens is 172 g/mol. The van der Waals surface area contributed by atoms with Gasteiger partial charge in [0.15, 0.2) is 0 Å². The maximum atomic E-state index is 2.39. The average molecular weight is 188 g/mol. The molecule has 13 heavy (non-hydrogen) atoms. The van der Waals surface area contributed by atoms with E-state index in [4.69, 9.17) is 0 Å². The molecule has 0 fully saturated rings. The highest BCUT2D eigenvalue weighted by Gasteiger charge is 2.11. The highest BCUT2D eigenvalue weighted by Crippen LogP contribution is 2.24. The first-order valence-corrected chi connectivity index (χ1v) is 8.03. The van der Waals surface area contributed by atoms with Crippen molar-refractivity contribution in [3.05, 3.63) is 40.6 Å². The fourth-order valence-corrected chi connectivity index (χ4v) is 2.23. The molecule has 0 nitrogen and oxygen atoms in total. The van der Waals surface area contributed by atoms with Gasteiger partial charge in [-0.2, -0.15) is 0 Å². The lowest BCUT2D eigenvalue weighted by molar-refractivity contribution is 0.839. The number of rotatable bonds is 2. The number of fused-ring (bicyclic) bond motifs is 1. The summed E-state index contributed by atoms with van der Waals surface area (Å²) in [5, 5.41) is 0. The molecule has 1 aliphatic carbocycles. The van der Waals surface area contributed by atoms with Crippen molar-refractivity contribution in [1.82, 2.24) is 0 Å². The molecule has 0 N–H and O–H groups in total.